The average Bonchev–Trinajstić information content (AvgIpc) is 1.65. The normalized spacial score (nSPS) is 7.71. The van der Waals surface area contributed by atoms with Gasteiger partial charge in [-0.3, -0.25) is 10.0 Å². The van der Waals surface area contributed by atoms with Crippen molar-refractivity contribution in [2.45, 2.75) is 6.92 Å². The highest BCUT2D eigenvalue weighted by atomic mass is 16.5. The average molecular weight is 101 g/mol. The van der Waals surface area contributed by atoms with Crippen LogP contribution < -0.4 is 5.48 Å². The maximum Gasteiger partial charge on any atom is 0.269 e. The predicted molar refractivity (Wildman–Crippen MR) is 24.7 cm³/mol. The maximum atomic E-state index is 10.1. The Bertz CT molecular complexity index is 97.9. The lowest BCUT2D eigenvalue weighted by atomic mass is 10.3. The van der Waals surface area contributed by atoms with E-state index in [1.165, 1.54) is 12.4 Å². The molecule has 0 bridgehead atoms. The SMILES string of the molecule is C=C(C)C(=O)NO. The van der Waals surface area contributed by atoms with E-state index in [9.17, 15) is 4.79 Å². The topological polar surface area (TPSA) is 49.3 Å². The molecule has 3 heteroatoms. The van der Waals surface area contributed by atoms with Gasteiger partial charge in [0.1, 0.15) is 0 Å². The zero-order valence-electron chi connectivity index (χ0n) is 4.06. The van der Waals surface area contributed by atoms with Crippen molar-refractivity contribution >= 4 is 5.91 Å². The first-order valence-corrected chi connectivity index (χ1v) is 1.78. The summed E-state index contributed by atoms with van der Waals surface area (Å²) in [4.78, 5) is 10.1. The van der Waals surface area contributed by atoms with Crippen LogP contribution in [0, 0.1) is 0 Å². The van der Waals surface area contributed by atoms with Crippen LogP contribution in [0.5, 0.6) is 0 Å². The Morgan fingerprint density at radius 2 is 2.29 bits per heavy atom. The molecule has 3 nitrogen and oxygen atoms in total. The number of nitrogens with one attached hydrogen (secondary N) is 1. The van der Waals surface area contributed by atoms with Crippen LogP contribution in [-0.4, -0.2) is 11.1 Å². The van der Waals surface area contributed by atoms with Crippen molar-refractivity contribution in [1.29, 1.82) is 0 Å². The van der Waals surface area contributed by atoms with Crippen molar-refractivity contribution in [3.63, 3.8) is 0 Å². The zero-order valence-corrected chi connectivity index (χ0v) is 4.06. The van der Waals surface area contributed by atoms with Crippen molar-refractivity contribution < 1.29 is 10.0 Å². The first kappa shape index (κ1) is 6.17. The lowest BCUT2D eigenvalue weighted by Gasteiger charge is -1.90. The molecule has 0 aromatic rings. The number of hydroxylamine groups is 1. The molecule has 0 rings (SSSR count). The van der Waals surface area contributed by atoms with Gasteiger partial charge in [0.05, 0.1) is 0 Å². The van der Waals surface area contributed by atoms with Gasteiger partial charge >= 0.3 is 0 Å². The summed E-state index contributed by atoms with van der Waals surface area (Å²) in [6, 6.07) is 0. The molecule has 0 fully saturated rings. The third-order valence-corrected chi connectivity index (χ3v) is 0.489. The highest BCUT2D eigenvalue weighted by molar-refractivity contribution is 5.91. The summed E-state index contributed by atoms with van der Waals surface area (Å²) in [5.41, 5.74) is 1.72. The Hall–Kier alpha value is -0.830. The molecule has 1 amide bonds. The second-order valence-electron chi connectivity index (χ2n) is 1.22. The van der Waals surface area contributed by atoms with E-state index in [0.29, 0.717) is 5.57 Å². The fourth-order valence-corrected chi connectivity index (χ4v) is 0.0954. The number of amides is 1. The van der Waals surface area contributed by atoms with E-state index in [4.69, 9.17) is 5.21 Å². The molecule has 0 aliphatic rings. The minimum absolute atomic E-state index is 0.294. The second kappa shape index (κ2) is 2.36. The molecule has 0 heterocycles. The smallest absolute Gasteiger partial charge is 0.269 e. The van der Waals surface area contributed by atoms with Crippen LogP contribution in [0.2, 0.25) is 0 Å². The Balaban J connectivity index is 3.58. The van der Waals surface area contributed by atoms with Gasteiger partial charge in [-0.2, -0.15) is 0 Å². The first-order chi connectivity index (χ1) is 3.18. The molecule has 0 aliphatic heterocycles. The van der Waals surface area contributed by atoms with Gasteiger partial charge in [0, 0.05) is 5.57 Å². The van der Waals surface area contributed by atoms with Crippen molar-refractivity contribution in [2.75, 3.05) is 0 Å². The molecule has 0 saturated carbocycles. The van der Waals surface area contributed by atoms with Crippen molar-refractivity contribution in [3.8, 4) is 0 Å². The van der Waals surface area contributed by atoms with Crippen LogP contribution in [0.15, 0.2) is 12.2 Å². The quantitative estimate of drug-likeness (QED) is 0.279. The fraction of sp³-hybridized carbons (Fsp3) is 0.250. The molecular weight excluding hydrogens is 94.0 g/mol. The molecule has 0 aromatic heterocycles. The van der Waals surface area contributed by atoms with Gasteiger partial charge < -0.3 is 0 Å². The number of carbonyl (C=O) groups is 1. The molecule has 0 radical (unpaired) electrons. The van der Waals surface area contributed by atoms with Gasteiger partial charge in [0.25, 0.3) is 5.91 Å². The van der Waals surface area contributed by atoms with E-state index < -0.39 is 5.91 Å². The molecule has 0 aromatic carbocycles. The minimum atomic E-state index is -0.542. The standard InChI is InChI=1S/C4H7NO2/c1-3(2)4(6)5-7/h7H,1H2,2H3,(H,5,6). The first-order valence-electron chi connectivity index (χ1n) is 1.78. The summed E-state index contributed by atoms with van der Waals surface area (Å²) >= 11 is 0. The highest BCUT2D eigenvalue weighted by Crippen LogP contribution is 1.81. The third kappa shape index (κ3) is 1.94. The van der Waals surface area contributed by atoms with Crippen LogP contribution in [0.4, 0.5) is 0 Å². The molecular formula is C4H7NO2. The van der Waals surface area contributed by atoms with Crippen LogP contribution in [0.25, 0.3) is 0 Å². The summed E-state index contributed by atoms with van der Waals surface area (Å²) in [7, 11) is 0. The monoisotopic (exact) mass is 101 g/mol. The molecule has 0 spiro atoms. The Kier molecular flexibility index (Phi) is 2.08. The Labute approximate surface area is 41.6 Å². The van der Waals surface area contributed by atoms with E-state index in [2.05, 4.69) is 6.58 Å². The predicted octanol–water partition coefficient (Wildman–Crippen LogP) is 0.0679. The van der Waals surface area contributed by atoms with Gasteiger partial charge in [-0.25, -0.2) is 5.48 Å². The van der Waals surface area contributed by atoms with Gasteiger partial charge in [-0.1, -0.05) is 6.58 Å². The van der Waals surface area contributed by atoms with Crippen molar-refractivity contribution in [1.82, 2.24) is 5.48 Å². The molecule has 2 N–H and O–H groups in total. The van der Waals surface area contributed by atoms with Gasteiger partial charge in [0.15, 0.2) is 0 Å². The van der Waals surface area contributed by atoms with Gasteiger partial charge in [0.2, 0.25) is 0 Å². The lowest BCUT2D eigenvalue weighted by molar-refractivity contribution is -0.125. The Morgan fingerprint density at radius 3 is 2.29 bits per heavy atom. The third-order valence-electron chi connectivity index (χ3n) is 0.489. The second-order valence-corrected chi connectivity index (χ2v) is 1.22. The molecule has 0 atom stereocenters. The number of hydrogen-bond donors (Lipinski definition) is 2. The van der Waals surface area contributed by atoms with E-state index in [1.807, 2.05) is 0 Å². The zero-order chi connectivity index (χ0) is 5.86. The number of rotatable bonds is 1. The summed E-state index contributed by atoms with van der Waals surface area (Å²) < 4.78 is 0. The number of hydrogen-bond acceptors (Lipinski definition) is 2. The molecule has 40 valence electrons. The lowest BCUT2D eigenvalue weighted by Crippen LogP contribution is -2.18. The van der Waals surface area contributed by atoms with E-state index in [1.54, 1.807) is 0 Å². The molecule has 0 unspecified atom stereocenters. The molecule has 0 aliphatic carbocycles. The van der Waals surface area contributed by atoms with Crippen molar-refractivity contribution in [2.24, 2.45) is 0 Å². The highest BCUT2D eigenvalue weighted by Gasteiger charge is 1.94. The number of carbonyl (C=O) groups excluding carboxylic acids is 1. The van der Waals surface area contributed by atoms with Crippen LogP contribution in [0.1, 0.15) is 6.92 Å². The van der Waals surface area contributed by atoms with E-state index >= 15 is 0 Å². The minimum Gasteiger partial charge on any atom is -0.288 e. The van der Waals surface area contributed by atoms with Crippen LogP contribution in [-0.2, 0) is 4.79 Å². The summed E-state index contributed by atoms with van der Waals surface area (Å²) in [6.07, 6.45) is 0. The fourth-order valence-electron chi connectivity index (χ4n) is 0.0954. The largest absolute Gasteiger partial charge is 0.288 e. The van der Waals surface area contributed by atoms with Crippen LogP contribution in [0.3, 0.4) is 0 Å². The van der Waals surface area contributed by atoms with Crippen molar-refractivity contribution in [3.05, 3.63) is 12.2 Å². The van der Waals surface area contributed by atoms with Crippen LogP contribution >= 0.6 is 0 Å². The maximum absolute atomic E-state index is 10.1. The molecule has 0 saturated heterocycles. The molecule has 7 heavy (non-hydrogen) atoms. The summed E-state index contributed by atoms with van der Waals surface area (Å²) in [6.45, 7) is 4.76. The Morgan fingerprint density at radius 1 is 1.86 bits per heavy atom. The van der Waals surface area contributed by atoms with E-state index in [-0.39, 0.29) is 0 Å². The van der Waals surface area contributed by atoms with Gasteiger partial charge in [-0.05, 0) is 6.92 Å². The summed E-state index contributed by atoms with van der Waals surface area (Å²) in [5, 5.41) is 7.84. The summed E-state index contributed by atoms with van der Waals surface area (Å²) in [5.74, 6) is -0.542. The van der Waals surface area contributed by atoms with E-state index in [0.717, 1.165) is 0 Å². The van der Waals surface area contributed by atoms with Gasteiger partial charge in [-0.15, -0.1) is 0 Å².